The highest BCUT2D eigenvalue weighted by Gasteiger charge is 2.39. The van der Waals surface area contributed by atoms with Crippen LogP contribution in [0.2, 0.25) is 0 Å². The van der Waals surface area contributed by atoms with E-state index in [1.54, 1.807) is 38.7 Å². The molecule has 1 atom stereocenters. The van der Waals surface area contributed by atoms with Gasteiger partial charge in [0.15, 0.2) is 15.5 Å². The molecule has 1 unspecified atom stereocenters. The fourth-order valence-electron chi connectivity index (χ4n) is 5.09. The normalized spacial score (nSPS) is 21.5. The molecule has 5 rings (SSSR count). The van der Waals surface area contributed by atoms with Crippen LogP contribution in [0.15, 0.2) is 29.2 Å². The van der Waals surface area contributed by atoms with E-state index < -0.39 is 15.4 Å². The molecule has 0 radical (unpaired) electrons. The van der Waals surface area contributed by atoms with E-state index in [1.165, 1.54) is 0 Å². The summed E-state index contributed by atoms with van der Waals surface area (Å²) in [7, 11) is -3.64. The fourth-order valence-corrected chi connectivity index (χ4v) is 6.69. The Hall–Kier alpha value is -2.92. The van der Waals surface area contributed by atoms with E-state index in [0.717, 1.165) is 12.8 Å². The Morgan fingerprint density at radius 1 is 1.08 bits per heavy atom. The Morgan fingerprint density at radius 2 is 1.81 bits per heavy atom. The second-order valence-electron chi connectivity index (χ2n) is 10.5. The van der Waals surface area contributed by atoms with Gasteiger partial charge in [-0.2, -0.15) is 5.10 Å². The van der Waals surface area contributed by atoms with Crippen LogP contribution in [0.25, 0.3) is 11.3 Å². The number of benzene rings is 1. The van der Waals surface area contributed by atoms with Crippen molar-refractivity contribution < 1.29 is 27.5 Å². The molecule has 3 aliphatic heterocycles. The standard InChI is InChI=1S/C25H32N4O6S/c1-25(2,3)35-24(31)28-10-6-7-17(15-28)29-22-18-8-4-5-9-20(18)36(32,33)16-19(22)21(26-29)23(30)27-11-13-34-14-12-27/h4-5,8-9,17H,6-7,10-16H2,1-3H3. The molecular formula is C25H32N4O6S. The predicted molar refractivity (Wildman–Crippen MR) is 131 cm³/mol. The first-order valence-corrected chi connectivity index (χ1v) is 14.0. The maximum atomic E-state index is 13.5. The number of morpholine rings is 1. The van der Waals surface area contributed by atoms with Crippen molar-refractivity contribution in [3.8, 4) is 11.3 Å². The van der Waals surface area contributed by atoms with E-state index in [1.807, 2.05) is 20.8 Å². The van der Waals surface area contributed by atoms with Gasteiger partial charge in [0.1, 0.15) is 5.60 Å². The van der Waals surface area contributed by atoms with E-state index in [4.69, 9.17) is 14.6 Å². The number of carbonyl (C=O) groups is 2. The largest absolute Gasteiger partial charge is 0.444 e. The summed E-state index contributed by atoms with van der Waals surface area (Å²) in [4.78, 5) is 29.9. The molecule has 0 spiro atoms. The summed E-state index contributed by atoms with van der Waals surface area (Å²) in [6.07, 6.45) is 1.10. The van der Waals surface area contributed by atoms with Gasteiger partial charge < -0.3 is 19.3 Å². The fraction of sp³-hybridized carbons (Fsp3) is 0.560. The van der Waals surface area contributed by atoms with Gasteiger partial charge >= 0.3 is 6.09 Å². The smallest absolute Gasteiger partial charge is 0.410 e. The van der Waals surface area contributed by atoms with Crippen LogP contribution in [-0.4, -0.2) is 85.0 Å². The van der Waals surface area contributed by atoms with Crippen molar-refractivity contribution in [2.45, 2.75) is 55.9 Å². The number of amides is 2. The van der Waals surface area contributed by atoms with Crippen LogP contribution in [0.4, 0.5) is 4.79 Å². The van der Waals surface area contributed by atoms with Crippen molar-refractivity contribution in [1.82, 2.24) is 19.6 Å². The highest BCUT2D eigenvalue weighted by atomic mass is 32.2. The molecule has 4 heterocycles. The molecule has 1 aromatic heterocycles. The zero-order valence-corrected chi connectivity index (χ0v) is 21.7. The lowest BCUT2D eigenvalue weighted by atomic mass is 10.0. The number of carbonyl (C=O) groups excluding carboxylic acids is 2. The Bertz CT molecular complexity index is 1290. The number of piperidine rings is 1. The van der Waals surface area contributed by atoms with Gasteiger partial charge in [-0.15, -0.1) is 0 Å². The number of sulfone groups is 1. The molecule has 10 nitrogen and oxygen atoms in total. The highest BCUT2D eigenvalue weighted by Crippen LogP contribution is 2.42. The number of fused-ring (bicyclic) bond motifs is 3. The second kappa shape index (κ2) is 9.19. The van der Waals surface area contributed by atoms with Gasteiger partial charge in [0, 0.05) is 37.3 Å². The Morgan fingerprint density at radius 3 is 2.53 bits per heavy atom. The third kappa shape index (κ3) is 4.61. The predicted octanol–water partition coefficient (Wildman–Crippen LogP) is 2.88. The molecule has 3 aliphatic rings. The van der Waals surface area contributed by atoms with Gasteiger partial charge in [-0.1, -0.05) is 18.2 Å². The molecule has 11 heteroatoms. The number of nitrogens with zero attached hydrogens (tertiary/aromatic N) is 4. The summed E-state index contributed by atoms with van der Waals surface area (Å²) in [5.41, 5.74) is 1.17. The SMILES string of the molecule is CC(C)(C)OC(=O)N1CCCC(n2nc(C(=O)N3CCOCC3)c3c2-c2ccccc2S(=O)(=O)C3)C1. The molecular weight excluding hydrogens is 484 g/mol. The first-order valence-electron chi connectivity index (χ1n) is 12.3. The molecule has 0 bridgehead atoms. The average molecular weight is 517 g/mol. The minimum Gasteiger partial charge on any atom is -0.444 e. The monoisotopic (exact) mass is 516 g/mol. The molecule has 2 aromatic rings. The summed E-state index contributed by atoms with van der Waals surface area (Å²) in [5.74, 6) is -0.574. The molecule has 2 amide bonds. The van der Waals surface area contributed by atoms with Crippen molar-refractivity contribution in [2.24, 2.45) is 0 Å². The van der Waals surface area contributed by atoms with Gasteiger partial charge in [0.05, 0.1) is 35.6 Å². The zero-order valence-electron chi connectivity index (χ0n) is 20.9. The molecule has 36 heavy (non-hydrogen) atoms. The first kappa shape index (κ1) is 24.8. The molecule has 0 N–H and O–H groups in total. The van der Waals surface area contributed by atoms with Gasteiger partial charge in [0.2, 0.25) is 0 Å². The zero-order chi connectivity index (χ0) is 25.7. The lowest BCUT2D eigenvalue weighted by molar-refractivity contribution is 0.0166. The van der Waals surface area contributed by atoms with Crippen molar-refractivity contribution in [1.29, 1.82) is 0 Å². The van der Waals surface area contributed by atoms with Crippen molar-refractivity contribution in [3.05, 3.63) is 35.5 Å². The van der Waals surface area contributed by atoms with Crippen LogP contribution in [0.1, 0.15) is 55.7 Å². The third-order valence-electron chi connectivity index (χ3n) is 6.72. The second-order valence-corrected chi connectivity index (χ2v) is 12.5. The van der Waals surface area contributed by atoms with E-state index in [-0.39, 0.29) is 34.4 Å². The van der Waals surface area contributed by atoms with Crippen LogP contribution in [0.3, 0.4) is 0 Å². The number of hydrogen-bond donors (Lipinski definition) is 0. The number of ether oxygens (including phenoxy) is 2. The van der Waals surface area contributed by atoms with E-state index in [2.05, 4.69) is 0 Å². The molecule has 0 aliphatic carbocycles. The molecule has 194 valence electrons. The van der Waals surface area contributed by atoms with Crippen molar-refractivity contribution >= 4 is 21.8 Å². The van der Waals surface area contributed by atoms with E-state index >= 15 is 0 Å². The molecule has 1 aromatic carbocycles. The van der Waals surface area contributed by atoms with E-state index in [9.17, 15) is 18.0 Å². The third-order valence-corrected chi connectivity index (χ3v) is 8.41. The number of hydrogen-bond acceptors (Lipinski definition) is 7. The first-order chi connectivity index (χ1) is 17.0. The molecule has 2 saturated heterocycles. The lowest BCUT2D eigenvalue weighted by Gasteiger charge is -2.35. The summed E-state index contributed by atoms with van der Waals surface area (Å²) in [5, 5.41) is 4.76. The van der Waals surface area contributed by atoms with Gasteiger partial charge in [0.25, 0.3) is 5.91 Å². The minimum atomic E-state index is -3.64. The topological polar surface area (TPSA) is 111 Å². The Kier molecular flexibility index (Phi) is 6.32. The van der Waals surface area contributed by atoms with Crippen molar-refractivity contribution in [3.63, 3.8) is 0 Å². The van der Waals surface area contributed by atoms with Gasteiger partial charge in [-0.05, 0) is 39.7 Å². The summed E-state index contributed by atoms with van der Waals surface area (Å²) in [6.45, 7) is 8.15. The lowest BCUT2D eigenvalue weighted by Crippen LogP contribution is -2.43. The summed E-state index contributed by atoms with van der Waals surface area (Å²) < 4.78 is 39.1. The van der Waals surface area contributed by atoms with Crippen LogP contribution < -0.4 is 0 Å². The van der Waals surface area contributed by atoms with E-state index in [0.29, 0.717) is 56.2 Å². The maximum Gasteiger partial charge on any atom is 0.410 e. The Balaban J connectivity index is 1.58. The van der Waals surface area contributed by atoms with Crippen molar-refractivity contribution in [2.75, 3.05) is 39.4 Å². The van der Waals surface area contributed by atoms with Gasteiger partial charge in [-0.3, -0.25) is 9.48 Å². The average Bonchev–Trinajstić information content (AvgIpc) is 3.22. The minimum absolute atomic E-state index is 0.166. The highest BCUT2D eigenvalue weighted by molar-refractivity contribution is 7.90. The molecule has 0 saturated carbocycles. The van der Waals surface area contributed by atoms with Gasteiger partial charge in [-0.25, -0.2) is 13.2 Å². The maximum absolute atomic E-state index is 13.5. The number of rotatable bonds is 2. The van der Waals surface area contributed by atoms with Crippen LogP contribution in [0.5, 0.6) is 0 Å². The Labute approximate surface area is 211 Å². The van der Waals surface area contributed by atoms with Crippen LogP contribution >= 0.6 is 0 Å². The van der Waals surface area contributed by atoms with Crippen LogP contribution in [0, 0.1) is 0 Å². The quantitative estimate of drug-likeness (QED) is 0.603. The summed E-state index contributed by atoms with van der Waals surface area (Å²) >= 11 is 0. The van der Waals surface area contributed by atoms with Crippen LogP contribution in [-0.2, 0) is 25.1 Å². The number of aromatic nitrogens is 2. The number of likely N-dealkylation sites (tertiary alicyclic amines) is 1. The molecule has 2 fully saturated rings. The summed E-state index contributed by atoms with van der Waals surface area (Å²) in [6, 6.07) is 6.63.